The molecule has 0 radical (unpaired) electrons. The molecular weight excluding hydrogens is 174 g/mol. The van der Waals surface area contributed by atoms with Gasteiger partial charge in [0, 0.05) is 23.6 Å². The lowest BCUT2D eigenvalue weighted by atomic mass is 10.1. The Kier molecular flexibility index (Phi) is 2.14. The summed E-state index contributed by atoms with van der Waals surface area (Å²) in [5.74, 6) is 0.675. The summed E-state index contributed by atoms with van der Waals surface area (Å²) in [7, 11) is 0. The highest BCUT2D eigenvalue weighted by molar-refractivity contribution is 5.71. The van der Waals surface area contributed by atoms with Crippen LogP contribution in [-0.2, 0) is 0 Å². The first-order valence-corrected chi connectivity index (χ1v) is 4.41. The topological polar surface area (TPSA) is 51.8 Å². The molecule has 0 amide bonds. The largest absolute Gasteiger partial charge is 0.398 e. The Morgan fingerprint density at radius 2 is 1.86 bits per heavy atom. The second-order valence-electron chi connectivity index (χ2n) is 3.16. The van der Waals surface area contributed by atoms with Crippen LogP contribution in [0.5, 0.6) is 0 Å². The van der Waals surface area contributed by atoms with E-state index in [1.165, 1.54) is 0 Å². The molecule has 0 aliphatic carbocycles. The first-order valence-electron chi connectivity index (χ1n) is 4.41. The van der Waals surface area contributed by atoms with Gasteiger partial charge in [0.05, 0.1) is 0 Å². The molecule has 0 bridgehead atoms. The second kappa shape index (κ2) is 3.46. The van der Waals surface area contributed by atoms with E-state index < -0.39 is 0 Å². The zero-order valence-corrected chi connectivity index (χ0v) is 7.94. The summed E-state index contributed by atoms with van der Waals surface area (Å²) in [4.78, 5) is 8.32. The highest BCUT2D eigenvalue weighted by Crippen LogP contribution is 2.22. The minimum absolute atomic E-state index is 0.675. The third-order valence-corrected chi connectivity index (χ3v) is 2.02. The third kappa shape index (κ3) is 1.57. The molecular formula is C11H11N3. The molecule has 0 fully saturated rings. The Hall–Kier alpha value is -1.90. The number of benzene rings is 1. The van der Waals surface area contributed by atoms with Gasteiger partial charge in [0.25, 0.3) is 0 Å². The number of aromatic nitrogens is 2. The zero-order valence-electron chi connectivity index (χ0n) is 7.94. The molecule has 2 rings (SSSR count). The number of nitrogen functional groups attached to an aromatic ring is 1. The van der Waals surface area contributed by atoms with Gasteiger partial charge in [-0.15, -0.1) is 0 Å². The van der Waals surface area contributed by atoms with Gasteiger partial charge in [0.1, 0.15) is 0 Å². The highest BCUT2D eigenvalue weighted by Gasteiger charge is 2.04. The summed E-state index contributed by atoms with van der Waals surface area (Å²) < 4.78 is 0. The SMILES string of the molecule is Cc1ccc(N)c(-c2ncccn2)c1. The van der Waals surface area contributed by atoms with Gasteiger partial charge in [-0.1, -0.05) is 11.6 Å². The van der Waals surface area contributed by atoms with Gasteiger partial charge >= 0.3 is 0 Å². The Morgan fingerprint density at radius 3 is 2.57 bits per heavy atom. The maximum absolute atomic E-state index is 5.84. The quantitative estimate of drug-likeness (QED) is 0.691. The fourth-order valence-electron chi connectivity index (χ4n) is 1.30. The molecule has 0 aliphatic heterocycles. The maximum Gasteiger partial charge on any atom is 0.161 e. The van der Waals surface area contributed by atoms with E-state index in [-0.39, 0.29) is 0 Å². The normalized spacial score (nSPS) is 10.1. The van der Waals surface area contributed by atoms with E-state index in [4.69, 9.17) is 5.73 Å². The number of hydrogen-bond acceptors (Lipinski definition) is 3. The summed E-state index contributed by atoms with van der Waals surface area (Å²) in [6, 6.07) is 7.63. The molecule has 2 aromatic rings. The number of nitrogens with two attached hydrogens (primary N) is 1. The van der Waals surface area contributed by atoms with Crippen LogP contribution < -0.4 is 5.73 Å². The molecule has 3 heteroatoms. The first kappa shape index (κ1) is 8.69. The number of nitrogens with zero attached hydrogens (tertiary/aromatic N) is 2. The molecule has 70 valence electrons. The molecule has 1 heterocycles. The Bertz CT molecular complexity index is 438. The van der Waals surface area contributed by atoms with Crippen molar-refractivity contribution in [1.29, 1.82) is 0 Å². The van der Waals surface area contributed by atoms with E-state index in [2.05, 4.69) is 9.97 Å². The minimum atomic E-state index is 0.675. The lowest BCUT2D eigenvalue weighted by molar-refractivity contribution is 1.17. The Labute approximate surface area is 82.6 Å². The zero-order chi connectivity index (χ0) is 9.97. The van der Waals surface area contributed by atoms with Crippen LogP contribution >= 0.6 is 0 Å². The van der Waals surface area contributed by atoms with Crippen molar-refractivity contribution in [1.82, 2.24) is 9.97 Å². The average molecular weight is 185 g/mol. The van der Waals surface area contributed by atoms with E-state index in [0.29, 0.717) is 11.5 Å². The van der Waals surface area contributed by atoms with E-state index in [1.807, 2.05) is 25.1 Å². The van der Waals surface area contributed by atoms with Crippen molar-refractivity contribution in [2.45, 2.75) is 6.92 Å². The van der Waals surface area contributed by atoms with Gasteiger partial charge < -0.3 is 5.73 Å². The van der Waals surface area contributed by atoms with Gasteiger partial charge in [-0.3, -0.25) is 0 Å². The molecule has 0 saturated carbocycles. The van der Waals surface area contributed by atoms with Gasteiger partial charge in [-0.25, -0.2) is 9.97 Å². The van der Waals surface area contributed by atoms with Crippen LogP contribution in [0.1, 0.15) is 5.56 Å². The number of rotatable bonds is 1. The van der Waals surface area contributed by atoms with Crippen LogP contribution in [0.4, 0.5) is 5.69 Å². The lowest BCUT2D eigenvalue weighted by Crippen LogP contribution is -1.94. The van der Waals surface area contributed by atoms with Gasteiger partial charge in [0.15, 0.2) is 5.82 Å². The first-order chi connectivity index (χ1) is 6.77. The smallest absolute Gasteiger partial charge is 0.161 e. The van der Waals surface area contributed by atoms with Crippen LogP contribution in [-0.4, -0.2) is 9.97 Å². The van der Waals surface area contributed by atoms with Gasteiger partial charge in [-0.05, 0) is 25.1 Å². The second-order valence-corrected chi connectivity index (χ2v) is 3.16. The lowest BCUT2D eigenvalue weighted by Gasteiger charge is -2.04. The molecule has 14 heavy (non-hydrogen) atoms. The van der Waals surface area contributed by atoms with Crippen molar-refractivity contribution < 1.29 is 0 Å². The van der Waals surface area contributed by atoms with Crippen molar-refractivity contribution in [2.75, 3.05) is 5.73 Å². The standard InChI is InChI=1S/C11H11N3/c1-8-3-4-10(12)9(7-8)11-13-5-2-6-14-11/h2-7H,12H2,1H3. The Morgan fingerprint density at radius 1 is 1.14 bits per heavy atom. The molecule has 0 unspecified atom stereocenters. The molecule has 0 saturated heterocycles. The van der Waals surface area contributed by atoms with Crippen LogP contribution in [0.3, 0.4) is 0 Å². The highest BCUT2D eigenvalue weighted by atomic mass is 14.9. The van der Waals surface area contributed by atoms with E-state index in [9.17, 15) is 0 Å². The van der Waals surface area contributed by atoms with Crippen molar-refractivity contribution >= 4 is 5.69 Å². The van der Waals surface area contributed by atoms with E-state index in [0.717, 1.165) is 11.1 Å². The molecule has 0 aliphatic rings. The summed E-state index contributed by atoms with van der Waals surface area (Å²) in [5, 5.41) is 0. The monoisotopic (exact) mass is 185 g/mol. The van der Waals surface area contributed by atoms with Crippen LogP contribution in [0.2, 0.25) is 0 Å². The van der Waals surface area contributed by atoms with Gasteiger partial charge in [0.2, 0.25) is 0 Å². The molecule has 1 aromatic heterocycles. The molecule has 3 nitrogen and oxygen atoms in total. The summed E-state index contributed by atoms with van der Waals surface area (Å²) in [6.07, 6.45) is 3.42. The third-order valence-electron chi connectivity index (χ3n) is 2.02. The predicted octanol–water partition coefficient (Wildman–Crippen LogP) is 2.03. The number of hydrogen-bond donors (Lipinski definition) is 1. The molecule has 1 aromatic carbocycles. The summed E-state index contributed by atoms with van der Waals surface area (Å²) >= 11 is 0. The van der Waals surface area contributed by atoms with Crippen molar-refractivity contribution in [3.05, 3.63) is 42.2 Å². The average Bonchev–Trinajstić information content (AvgIpc) is 2.23. The number of aryl methyl sites for hydroxylation is 1. The van der Waals surface area contributed by atoms with Crippen molar-refractivity contribution in [3.63, 3.8) is 0 Å². The molecule has 0 spiro atoms. The van der Waals surface area contributed by atoms with Crippen LogP contribution in [0, 0.1) is 6.92 Å². The minimum Gasteiger partial charge on any atom is -0.398 e. The van der Waals surface area contributed by atoms with Crippen LogP contribution in [0.15, 0.2) is 36.7 Å². The van der Waals surface area contributed by atoms with Crippen LogP contribution in [0.25, 0.3) is 11.4 Å². The van der Waals surface area contributed by atoms with E-state index >= 15 is 0 Å². The number of anilines is 1. The fourth-order valence-corrected chi connectivity index (χ4v) is 1.30. The maximum atomic E-state index is 5.84. The van der Waals surface area contributed by atoms with E-state index in [1.54, 1.807) is 18.5 Å². The Balaban J connectivity index is 2.57. The van der Waals surface area contributed by atoms with Crippen molar-refractivity contribution in [3.8, 4) is 11.4 Å². The molecule has 0 atom stereocenters. The molecule has 2 N–H and O–H groups in total. The summed E-state index contributed by atoms with van der Waals surface area (Å²) in [5.41, 5.74) is 8.60. The predicted molar refractivity (Wildman–Crippen MR) is 56.6 cm³/mol. The van der Waals surface area contributed by atoms with Crippen molar-refractivity contribution in [2.24, 2.45) is 0 Å². The summed E-state index contributed by atoms with van der Waals surface area (Å²) in [6.45, 7) is 2.02. The van der Waals surface area contributed by atoms with Gasteiger partial charge in [-0.2, -0.15) is 0 Å². The fraction of sp³-hybridized carbons (Fsp3) is 0.0909.